The second kappa shape index (κ2) is 8.35. The molecule has 1 fully saturated rings. The zero-order valence-electron chi connectivity index (χ0n) is 15.3. The molecule has 1 aliphatic heterocycles. The molecule has 0 radical (unpaired) electrons. The molecular formula is C21H21ClN4O2. The van der Waals surface area contributed by atoms with E-state index < -0.39 is 0 Å². The second-order valence-corrected chi connectivity index (χ2v) is 7.08. The lowest BCUT2D eigenvalue weighted by atomic mass is 10.2. The molecule has 1 N–H and O–H groups in total. The Morgan fingerprint density at radius 2 is 1.82 bits per heavy atom. The van der Waals surface area contributed by atoms with Crippen molar-refractivity contribution in [3.63, 3.8) is 0 Å². The summed E-state index contributed by atoms with van der Waals surface area (Å²) in [5.74, 6) is 0.554. The molecule has 6 nitrogen and oxygen atoms in total. The van der Waals surface area contributed by atoms with E-state index in [0.717, 1.165) is 48.3 Å². The number of nitrogens with one attached hydrogen (secondary N) is 1. The normalized spacial score (nSPS) is 14.2. The van der Waals surface area contributed by atoms with Crippen LogP contribution in [-0.4, -0.2) is 37.1 Å². The quantitative estimate of drug-likeness (QED) is 0.714. The van der Waals surface area contributed by atoms with E-state index in [4.69, 9.17) is 16.0 Å². The fourth-order valence-electron chi connectivity index (χ4n) is 3.30. The molecule has 28 heavy (non-hydrogen) atoms. The van der Waals surface area contributed by atoms with Crippen molar-refractivity contribution in [2.45, 2.75) is 6.54 Å². The minimum absolute atomic E-state index is 0.164. The van der Waals surface area contributed by atoms with Crippen LogP contribution >= 0.6 is 11.6 Å². The highest BCUT2D eigenvalue weighted by Crippen LogP contribution is 2.23. The minimum atomic E-state index is -0.164. The van der Waals surface area contributed by atoms with E-state index >= 15 is 0 Å². The number of halogens is 1. The van der Waals surface area contributed by atoms with Gasteiger partial charge in [0.2, 0.25) is 0 Å². The van der Waals surface area contributed by atoms with Gasteiger partial charge >= 0.3 is 0 Å². The lowest BCUT2D eigenvalue weighted by Gasteiger charge is -2.37. The Morgan fingerprint density at radius 1 is 1.04 bits per heavy atom. The number of anilines is 2. The first-order chi connectivity index (χ1) is 13.7. The molecule has 0 spiro atoms. The van der Waals surface area contributed by atoms with Crippen LogP contribution in [0.2, 0.25) is 5.02 Å². The summed E-state index contributed by atoms with van der Waals surface area (Å²) in [6, 6.07) is 13.4. The predicted molar refractivity (Wildman–Crippen MR) is 110 cm³/mol. The van der Waals surface area contributed by atoms with Crippen molar-refractivity contribution in [3.8, 4) is 0 Å². The highest BCUT2D eigenvalue weighted by atomic mass is 35.5. The van der Waals surface area contributed by atoms with Gasteiger partial charge in [-0.1, -0.05) is 17.7 Å². The molecule has 7 heteroatoms. The Bertz CT molecular complexity index is 937. The van der Waals surface area contributed by atoms with E-state index in [0.29, 0.717) is 12.1 Å². The Kier molecular flexibility index (Phi) is 5.48. The Labute approximate surface area is 168 Å². The third kappa shape index (κ3) is 4.28. The van der Waals surface area contributed by atoms with Crippen molar-refractivity contribution in [1.82, 2.24) is 10.3 Å². The highest BCUT2D eigenvalue weighted by Gasteiger charge is 2.19. The van der Waals surface area contributed by atoms with E-state index in [9.17, 15) is 4.79 Å². The number of carbonyl (C=O) groups is 1. The summed E-state index contributed by atoms with van der Waals surface area (Å²) in [6.45, 7) is 3.83. The number of piperazine rings is 1. The summed E-state index contributed by atoms with van der Waals surface area (Å²) >= 11 is 6.10. The Hall–Kier alpha value is -2.99. The monoisotopic (exact) mass is 396 g/mol. The SMILES string of the molecule is O=C(NCc1ccco1)c1cncc(N2CCN(c3cccc(Cl)c3)CC2)c1. The lowest BCUT2D eigenvalue weighted by Crippen LogP contribution is -2.46. The maximum absolute atomic E-state index is 12.4. The van der Waals surface area contributed by atoms with Crippen LogP contribution in [0.5, 0.6) is 0 Å². The third-order valence-electron chi connectivity index (χ3n) is 4.81. The number of benzene rings is 1. The van der Waals surface area contributed by atoms with E-state index in [2.05, 4.69) is 26.2 Å². The largest absolute Gasteiger partial charge is 0.467 e. The summed E-state index contributed by atoms with van der Waals surface area (Å²) < 4.78 is 5.24. The van der Waals surface area contributed by atoms with Crippen LogP contribution in [0.4, 0.5) is 11.4 Å². The molecule has 1 saturated heterocycles. The first-order valence-electron chi connectivity index (χ1n) is 9.20. The van der Waals surface area contributed by atoms with E-state index in [-0.39, 0.29) is 5.91 Å². The Morgan fingerprint density at radius 3 is 2.54 bits per heavy atom. The van der Waals surface area contributed by atoms with Crippen LogP contribution in [0.3, 0.4) is 0 Å². The van der Waals surface area contributed by atoms with Crippen molar-refractivity contribution < 1.29 is 9.21 Å². The number of hydrogen-bond donors (Lipinski definition) is 1. The predicted octanol–water partition coefficient (Wildman–Crippen LogP) is 3.58. The van der Waals surface area contributed by atoms with Gasteiger partial charge in [0.25, 0.3) is 5.91 Å². The smallest absolute Gasteiger partial charge is 0.253 e. The van der Waals surface area contributed by atoms with Crippen LogP contribution in [0, 0.1) is 0 Å². The molecule has 0 saturated carbocycles. The fraction of sp³-hybridized carbons (Fsp3) is 0.238. The van der Waals surface area contributed by atoms with Gasteiger partial charge in [-0.15, -0.1) is 0 Å². The average Bonchev–Trinajstić information content (AvgIpc) is 3.26. The molecule has 0 atom stereocenters. The van der Waals surface area contributed by atoms with Crippen LogP contribution in [0.25, 0.3) is 0 Å². The zero-order valence-corrected chi connectivity index (χ0v) is 16.1. The first kappa shape index (κ1) is 18.4. The number of rotatable bonds is 5. The summed E-state index contributed by atoms with van der Waals surface area (Å²) in [4.78, 5) is 21.2. The maximum atomic E-state index is 12.4. The summed E-state index contributed by atoms with van der Waals surface area (Å²) in [5.41, 5.74) is 2.63. The number of furan rings is 1. The van der Waals surface area contributed by atoms with Gasteiger partial charge in [0.05, 0.1) is 30.3 Å². The molecule has 1 aliphatic rings. The molecule has 0 aliphatic carbocycles. The van der Waals surface area contributed by atoms with Crippen LogP contribution in [-0.2, 0) is 6.54 Å². The number of carbonyl (C=O) groups excluding carboxylic acids is 1. The van der Waals surface area contributed by atoms with Crippen LogP contribution in [0.1, 0.15) is 16.1 Å². The molecule has 1 amide bonds. The Balaban J connectivity index is 1.37. The van der Waals surface area contributed by atoms with Crippen molar-refractivity contribution in [2.75, 3.05) is 36.0 Å². The molecule has 1 aromatic carbocycles. The molecule has 4 rings (SSSR count). The first-order valence-corrected chi connectivity index (χ1v) is 9.58. The van der Waals surface area contributed by atoms with E-state index in [1.54, 1.807) is 24.7 Å². The molecule has 0 unspecified atom stereocenters. The van der Waals surface area contributed by atoms with Gasteiger partial charge in [0, 0.05) is 43.1 Å². The lowest BCUT2D eigenvalue weighted by molar-refractivity contribution is 0.0947. The number of pyridine rings is 1. The van der Waals surface area contributed by atoms with Crippen molar-refractivity contribution in [3.05, 3.63) is 77.5 Å². The van der Waals surface area contributed by atoms with Crippen molar-refractivity contribution >= 4 is 28.9 Å². The molecule has 3 heterocycles. The molecule has 3 aromatic rings. The average molecular weight is 397 g/mol. The summed E-state index contributed by atoms with van der Waals surface area (Å²) in [7, 11) is 0. The molecule has 0 bridgehead atoms. The summed E-state index contributed by atoms with van der Waals surface area (Å²) in [6.07, 6.45) is 4.98. The highest BCUT2D eigenvalue weighted by molar-refractivity contribution is 6.30. The molecule has 144 valence electrons. The van der Waals surface area contributed by atoms with Gasteiger partial charge < -0.3 is 19.5 Å². The fourth-order valence-corrected chi connectivity index (χ4v) is 3.49. The van der Waals surface area contributed by atoms with Gasteiger partial charge in [0.15, 0.2) is 0 Å². The van der Waals surface area contributed by atoms with Gasteiger partial charge in [-0.05, 0) is 36.4 Å². The number of amides is 1. The topological polar surface area (TPSA) is 61.6 Å². The van der Waals surface area contributed by atoms with Gasteiger partial charge in [-0.25, -0.2) is 0 Å². The third-order valence-corrected chi connectivity index (χ3v) is 5.04. The van der Waals surface area contributed by atoms with Crippen LogP contribution in [0.15, 0.2) is 65.5 Å². The van der Waals surface area contributed by atoms with Gasteiger partial charge in [0.1, 0.15) is 5.76 Å². The standard InChI is InChI=1S/C21H21ClN4O2/c22-17-3-1-4-18(12-17)25-6-8-26(9-7-25)19-11-16(13-23-14-19)21(27)24-15-20-5-2-10-28-20/h1-5,10-14H,6-9,15H2,(H,24,27). The minimum Gasteiger partial charge on any atom is -0.467 e. The van der Waals surface area contributed by atoms with Gasteiger partial charge in [-0.2, -0.15) is 0 Å². The van der Waals surface area contributed by atoms with Crippen LogP contribution < -0.4 is 15.1 Å². The van der Waals surface area contributed by atoms with Gasteiger partial charge in [-0.3, -0.25) is 9.78 Å². The second-order valence-electron chi connectivity index (χ2n) is 6.65. The molecular weight excluding hydrogens is 376 g/mol. The number of hydrogen-bond acceptors (Lipinski definition) is 5. The van der Waals surface area contributed by atoms with E-state index in [1.807, 2.05) is 30.3 Å². The number of aromatic nitrogens is 1. The zero-order chi connectivity index (χ0) is 19.3. The summed E-state index contributed by atoms with van der Waals surface area (Å²) in [5, 5.41) is 3.60. The van der Waals surface area contributed by atoms with Crippen molar-refractivity contribution in [1.29, 1.82) is 0 Å². The van der Waals surface area contributed by atoms with Crippen molar-refractivity contribution in [2.24, 2.45) is 0 Å². The molecule has 2 aromatic heterocycles. The van der Waals surface area contributed by atoms with E-state index in [1.165, 1.54) is 0 Å². The maximum Gasteiger partial charge on any atom is 0.253 e. The number of nitrogens with zero attached hydrogens (tertiary/aromatic N) is 3.